The zero-order valence-electron chi connectivity index (χ0n) is 7.46. The first-order valence-corrected chi connectivity index (χ1v) is 4.31. The van der Waals surface area contributed by atoms with Gasteiger partial charge in [-0.05, 0) is 12.8 Å². The molecular formula is C9H10F2N2O. The van der Waals surface area contributed by atoms with E-state index >= 15 is 0 Å². The van der Waals surface area contributed by atoms with E-state index in [2.05, 4.69) is 9.82 Å². The van der Waals surface area contributed by atoms with E-state index in [1.54, 1.807) is 0 Å². The normalized spacial score (nSPS) is 18.2. The first-order chi connectivity index (χ1) is 6.69. The van der Waals surface area contributed by atoms with Crippen LogP contribution in [0.1, 0.15) is 18.4 Å². The molecular weight excluding hydrogens is 190 g/mol. The van der Waals surface area contributed by atoms with Gasteiger partial charge in [-0.25, -0.2) is 14.7 Å². The van der Waals surface area contributed by atoms with Crippen LogP contribution in [0, 0.1) is 11.6 Å². The molecule has 1 aliphatic rings. The van der Waals surface area contributed by atoms with E-state index in [-0.39, 0.29) is 12.2 Å². The van der Waals surface area contributed by atoms with E-state index in [0.29, 0.717) is 12.8 Å². The smallest absolute Gasteiger partial charge is 0.148 e. The molecule has 0 amide bonds. The minimum Gasteiger partial charge on any atom is -0.304 e. The first kappa shape index (κ1) is 9.48. The third kappa shape index (κ3) is 1.38. The highest BCUT2D eigenvalue weighted by atomic mass is 19.1. The van der Waals surface area contributed by atoms with Gasteiger partial charge in [0, 0.05) is 11.0 Å². The largest absolute Gasteiger partial charge is 0.304 e. The van der Waals surface area contributed by atoms with Gasteiger partial charge in [0.05, 0.1) is 19.0 Å². The second kappa shape index (κ2) is 3.25. The van der Waals surface area contributed by atoms with E-state index in [1.165, 1.54) is 0 Å². The number of aromatic nitrogens is 1. The van der Waals surface area contributed by atoms with Crippen molar-refractivity contribution in [2.24, 2.45) is 5.90 Å². The Bertz CT molecular complexity index is 332. The number of hydrogen-bond donors (Lipinski definition) is 1. The number of halogens is 2. The molecule has 0 atom stereocenters. The maximum absolute atomic E-state index is 13.3. The van der Waals surface area contributed by atoms with Crippen molar-refractivity contribution in [3.8, 4) is 0 Å². The monoisotopic (exact) mass is 200 g/mol. The second-order valence-electron chi connectivity index (χ2n) is 3.57. The van der Waals surface area contributed by atoms with Crippen LogP contribution >= 0.6 is 0 Å². The van der Waals surface area contributed by atoms with Gasteiger partial charge in [-0.15, -0.1) is 0 Å². The molecule has 2 rings (SSSR count). The fourth-order valence-corrected chi connectivity index (χ4v) is 1.69. The van der Waals surface area contributed by atoms with Gasteiger partial charge in [0.25, 0.3) is 0 Å². The number of nitrogens with zero attached hydrogens (tertiary/aromatic N) is 1. The second-order valence-corrected chi connectivity index (χ2v) is 3.57. The third-order valence-electron chi connectivity index (χ3n) is 2.60. The maximum atomic E-state index is 13.3. The summed E-state index contributed by atoms with van der Waals surface area (Å²) in [6.45, 7) is 0.144. The molecule has 0 aliphatic heterocycles. The molecule has 0 spiro atoms. The van der Waals surface area contributed by atoms with Crippen molar-refractivity contribution in [1.82, 2.24) is 4.98 Å². The summed E-state index contributed by atoms with van der Waals surface area (Å²) in [5.74, 6) is 3.68. The van der Waals surface area contributed by atoms with E-state index in [4.69, 9.17) is 5.90 Å². The predicted molar refractivity (Wildman–Crippen MR) is 45.2 cm³/mol. The number of rotatable bonds is 3. The summed E-state index contributed by atoms with van der Waals surface area (Å²) in [6.07, 6.45) is 3.41. The van der Waals surface area contributed by atoms with Gasteiger partial charge >= 0.3 is 0 Å². The highest BCUT2D eigenvalue weighted by Gasteiger charge is 2.48. The topological polar surface area (TPSA) is 48.1 Å². The molecule has 14 heavy (non-hydrogen) atoms. The standard InChI is InChI=1S/C9H10F2N2O/c10-6-3-13-4-7(11)8(6)9(1-2-9)5-14-12/h3-4H,1-2,5,12H2. The van der Waals surface area contributed by atoms with Crippen molar-refractivity contribution >= 4 is 0 Å². The van der Waals surface area contributed by atoms with E-state index in [0.717, 1.165) is 12.4 Å². The summed E-state index contributed by atoms with van der Waals surface area (Å²) in [7, 11) is 0. The lowest BCUT2D eigenvalue weighted by Gasteiger charge is -2.14. The van der Waals surface area contributed by atoms with Crippen LogP contribution in [0.25, 0.3) is 0 Å². The predicted octanol–water partition coefficient (Wildman–Crippen LogP) is 1.28. The molecule has 2 N–H and O–H groups in total. The summed E-state index contributed by atoms with van der Waals surface area (Å²) in [6, 6.07) is 0. The summed E-state index contributed by atoms with van der Waals surface area (Å²) in [4.78, 5) is 7.90. The van der Waals surface area contributed by atoms with Crippen molar-refractivity contribution in [1.29, 1.82) is 0 Å². The zero-order valence-corrected chi connectivity index (χ0v) is 7.46. The summed E-state index contributed by atoms with van der Waals surface area (Å²) in [5.41, 5.74) is -0.510. The van der Waals surface area contributed by atoms with Crippen molar-refractivity contribution in [2.75, 3.05) is 6.61 Å². The highest BCUT2D eigenvalue weighted by molar-refractivity contribution is 5.32. The lowest BCUT2D eigenvalue weighted by atomic mass is 9.97. The Balaban J connectivity index is 2.40. The summed E-state index contributed by atoms with van der Waals surface area (Å²) < 4.78 is 26.6. The fourth-order valence-electron chi connectivity index (χ4n) is 1.69. The lowest BCUT2D eigenvalue weighted by Crippen LogP contribution is -2.21. The van der Waals surface area contributed by atoms with Crippen molar-refractivity contribution < 1.29 is 13.6 Å². The fraction of sp³-hybridized carbons (Fsp3) is 0.444. The van der Waals surface area contributed by atoms with Crippen LogP contribution in [-0.4, -0.2) is 11.6 Å². The van der Waals surface area contributed by atoms with E-state index < -0.39 is 17.0 Å². The molecule has 3 nitrogen and oxygen atoms in total. The zero-order chi connectivity index (χ0) is 10.2. The lowest BCUT2D eigenvalue weighted by molar-refractivity contribution is 0.114. The Morgan fingerprint density at radius 2 is 1.93 bits per heavy atom. The molecule has 76 valence electrons. The molecule has 0 aromatic carbocycles. The Morgan fingerprint density at radius 3 is 2.36 bits per heavy atom. The van der Waals surface area contributed by atoms with Gasteiger partial charge in [-0.2, -0.15) is 0 Å². The molecule has 0 radical (unpaired) electrons. The molecule has 1 aromatic rings. The average molecular weight is 200 g/mol. The Labute approximate surface area is 79.8 Å². The molecule has 1 saturated carbocycles. The Kier molecular flexibility index (Phi) is 2.20. The van der Waals surface area contributed by atoms with Crippen LogP contribution < -0.4 is 5.90 Å². The van der Waals surface area contributed by atoms with Crippen LogP contribution in [0.2, 0.25) is 0 Å². The van der Waals surface area contributed by atoms with Crippen molar-refractivity contribution in [2.45, 2.75) is 18.3 Å². The molecule has 1 aromatic heterocycles. The Hall–Kier alpha value is -1.07. The van der Waals surface area contributed by atoms with Crippen molar-refractivity contribution in [3.63, 3.8) is 0 Å². The van der Waals surface area contributed by atoms with Crippen LogP contribution in [0.5, 0.6) is 0 Å². The average Bonchev–Trinajstić information content (AvgIpc) is 2.86. The van der Waals surface area contributed by atoms with Gasteiger partial charge in [-0.3, -0.25) is 4.98 Å². The number of hydrogen-bond acceptors (Lipinski definition) is 3. The van der Waals surface area contributed by atoms with Crippen LogP contribution in [-0.2, 0) is 10.3 Å². The molecule has 5 heteroatoms. The molecule has 1 aliphatic carbocycles. The molecule has 0 unspecified atom stereocenters. The Morgan fingerprint density at radius 1 is 1.36 bits per heavy atom. The van der Waals surface area contributed by atoms with E-state index in [9.17, 15) is 8.78 Å². The van der Waals surface area contributed by atoms with Gasteiger partial charge in [0.1, 0.15) is 11.6 Å². The number of pyridine rings is 1. The quantitative estimate of drug-likeness (QED) is 0.748. The summed E-state index contributed by atoms with van der Waals surface area (Å²) >= 11 is 0. The van der Waals surface area contributed by atoms with Gasteiger partial charge in [-0.1, -0.05) is 0 Å². The third-order valence-corrected chi connectivity index (χ3v) is 2.60. The van der Waals surface area contributed by atoms with Crippen LogP contribution in [0.15, 0.2) is 12.4 Å². The highest BCUT2D eigenvalue weighted by Crippen LogP contribution is 2.49. The minimum atomic E-state index is -0.625. The number of nitrogens with two attached hydrogens (primary N) is 1. The van der Waals surface area contributed by atoms with Gasteiger partial charge < -0.3 is 4.84 Å². The first-order valence-electron chi connectivity index (χ1n) is 4.31. The molecule has 1 fully saturated rings. The minimum absolute atomic E-state index is 0.0537. The van der Waals surface area contributed by atoms with Crippen LogP contribution in [0.4, 0.5) is 8.78 Å². The molecule has 0 bridgehead atoms. The van der Waals surface area contributed by atoms with Gasteiger partial charge in [0.2, 0.25) is 0 Å². The van der Waals surface area contributed by atoms with Gasteiger partial charge in [0.15, 0.2) is 0 Å². The summed E-state index contributed by atoms with van der Waals surface area (Å²) in [5, 5.41) is 0. The van der Waals surface area contributed by atoms with Crippen molar-refractivity contribution in [3.05, 3.63) is 29.6 Å². The molecule has 0 saturated heterocycles. The maximum Gasteiger partial charge on any atom is 0.148 e. The molecule has 1 heterocycles. The SMILES string of the molecule is NOCC1(c2c(F)cncc2F)CC1. The van der Waals surface area contributed by atoms with E-state index in [1.807, 2.05) is 0 Å². The van der Waals surface area contributed by atoms with Crippen LogP contribution in [0.3, 0.4) is 0 Å².